The van der Waals surface area contributed by atoms with Crippen LogP contribution in [0.3, 0.4) is 0 Å². The van der Waals surface area contributed by atoms with Crippen LogP contribution in [-0.2, 0) is 10.0 Å². The molecule has 0 heterocycles. The van der Waals surface area contributed by atoms with Crippen molar-refractivity contribution in [3.63, 3.8) is 0 Å². The van der Waals surface area contributed by atoms with Gasteiger partial charge in [0.05, 0.1) is 4.90 Å². The van der Waals surface area contributed by atoms with Gasteiger partial charge in [0, 0.05) is 10.2 Å². The number of amides is 2. The lowest BCUT2D eigenvalue weighted by Gasteiger charge is -2.09. The number of anilines is 1. The van der Waals surface area contributed by atoms with Crippen LogP contribution in [0, 0.1) is 5.82 Å². The fourth-order valence-electron chi connectivity index (χ4n) is 1.48. The van der Waals surface area contributed by atoms with Gasteiger partial charge in [0.2, 0.25) is 0 Å². The molecule has 0 aliphatic carbocycles. The molecule has 0 aliphatic rings. The maximum atomic E-state index is 12.8. The number of hydrazine groups is 1. The molecule has 0 fully saturated rings. The Morgan fingerprint density at radius 1 is 1.00 bits per heavy atom. The van der Waals surface area contributed by atoms with Gasteiger partial charge < -0.3 is 5.32 Å². The summed E-state index contributed by atoms with van der Waals surface area (Å²) in [5.74, 6) is -0.556. The molecular formula is C13H11BrFN3O3S. The number of sulfonamides is 1. The van der Waals surface area contributed by atoms with Gasteiger partial charge in [0.1, 0.15) is 5.82 Å². The number of hydrogen-bond acceptors (Lipinski definition) is 3. The van der Waals surface area contributed by atoms with Crippen molar-refractivity contribution in [1.29, 1.82) is 0 Å². The molecule has 9 heteroatoms. The van der Waals surface area contributed by atoms with Gasteiger partial charge in [-0.05, 0) is 48.5 Å². The van der Waals surface area contributed by atoms with E-state index in [1.807, 2.05) is 10.3 Å². The number of hydrogen-bond donors (Lipinski definition) is 3. The molecule has 2 amide bonds. The third-order valence-corrected chi connectivity index (χ3v) is 4.32. The zero-order valence-electron chi connectivity index (χ0n) is 11.0. The van der Waals surface area contributed by atoms with Crippen LogP contribution in [0.25, 0.3) is 0 Å². The minimum absolute atomic E-state index is 0.169. The fourth-order valence-corrected chi connectivity index (χ4v) is 2.59. The first-order valence-electron chi connectivity index (χ1n) is 5.97. The third-order valence-electron chi connectivity index (χ3n) is 2.52. The summed E-state index contributed by atoms with van der Waals surface area (Å²) in [6, 6.07) is 10.2. The standard InChI is InChI=1S/C13H11BrFN3O3S/c14-9-1-5-11(6-2-9)16-13(19)17-18-22(20,21)12-7-3-10(15)4-8-12/h1-8,18H,(H2,16,17,19). The van der Waals surface area contributed by atoms with Crippen molar-refractivity contribution in [2.45, 2.75) is 4.90 Å². The van der Waals surface area contributed by atoms with E-state index >= 15 is 0 Å². The summed E-state index contributed by atoms with van der Waals surface area (Å²) in [5.41, 5.74) is 2.49. The molecule has 6 nitrogen and oxygen atoms in total. The highest BCUT2D eigenvalue weighted by Gasteiger charge is 2.14. The summed E-state index contributed by atoms with van der Waals surface area (Å²) < 4.78 is 37.3. The highest BCUT2D eigenvalue weighted by molar-refractivity contribution is 9.10. The molecule has 0 radical (unpaired) electrons. The normalized spacial score (nSPS) is 11.0. The minimum Gasteiger partial charge on any atom is -0.307 e. The molecule has 0 unspecified atom stereocenters. The summed E-state index contributed by atoms with van der Waals surface area (Å²) in [4.78, 5) is 13.3. The predicted molar refractivity (Wildman–Crippen MR) is 83.0 cm³/mol. The predicted octanol–water partition coefficient (Wildman–Crippen LogP) is 2.60. The second kappa shape index (κ2) is 6.86. The van der Waals surface area contributed by atoms with Crippen molar-refractivity contribution in [3.8, 4) is 0 Å². The monoisotopic (exact) mass is 387 g/mol. The molecule has 0 saturated heterocycles. The van der Waals surface area contributed by atoms with Crippen LogP contribution < -0.4 is 15.6 Å². The van der Waals surface area contributed by atoms with Crippen LogP contribution in [0.15, 0.2) is 57.9 Å². The Bertz CT molecular complexity index is 764. The average molecular weight is 388 g/mol. The van der Waals surface area contributed by atoms with Crippen LogP contribution in [-0.4, -0.2) is 14.4 Å². The highest BCUT2D eigenvalue weighted by Crippen LogP contribution is 2.14. The average Bonchev–Trinajstić information content (AvgIpc) is 2.48. The summed E-state index contributed by atoms with van der Waals surface area (Å²) in [7, 11) is -3.97. The molecule has 22 heavy (non-hydrogen) atoms. The molecule has 116 valence electrons. The quantitative estimate of drug-likeness (QED) is 0.704. The molecule has 0 saturated carbocycles. The number of carbonyl (C=O) groups is 1. The van der Waals surface area contributed by atoms with E-state index < -0.39 is 21.9 Å². The van der Waals surface area contributed by atoms with Crippen LogP contribution in [0.4, 0.5) is 14.9 Å². The Morgan fingerprint density at radius 2 is 1.59 bits per heavy atom. The summed E-state index contributed by atoms with van der Waals surface area (Å²) >= 11 is 3.25. The molecule has 2 rings (SSSR count). The Morgan fingerprint density at radius 3 is 2.18 bits per heavy atom. The molecule has 0 bridgehead atoms. The van der Waals surface area contributed by atoms with Gasteiger partial charge in [-0.2, -0.15) is 0 Å². The van der Waals surface area contributed by atoms with Gasteiger partial charge in [-0.1, -0.05) is 15.9 Å². The lowest BCUT2D eigenvalue weighted by atomic mass is 10.3. The zero-order valence-corrected chi connectivity index (χ0v) is 13.4. The maximum Gasteiger partial charge on any atom is 0.334 e. The Kier molecular flexibility index (Phi) is 5.11. The molecule has 3 N–H and O–H groups in total. The number of urea groups is 1. The van der Waals surface area contributed by atoms with Crippen molar-refractivity contribution in [2.75, 3.05) is 5.32 Å². The van der Waals surface area contributed by atoms with E-state index in [0.717, 1.165) is 28.7 Å². The number of carbonyl (C=O) groups excluding carboxylic acids is 1. The lowest BCUT2D eigenvalue weighted by Crippen LogP contribution is -2.43. The van der Waals surface area contributed by atoms with Crippen LogP contribution in [0.5, 0.6) is 0 Å². The van der Waals surface area contributed by atoms with Crippen LogP contribution >= 0.6 is 15.9 Å². The van der Waals surface area contributed by atoms with Gasteiger partial charge in [0.15, 0.2) is 0 Å². The van der Waals surface area contributed by atoms with Gasteiger partial charge in [-0.25, -0.2) is 17.6 Å². The molecule has 0 atom stereocenters. The summed E-state index contributed by atoms with van der Waals surface area (Å²) in [5, 5.41) is 2.44. The first-order chi connectivity index (χ1) is 10.4. The van der Waals surface area contributed by atoms with Crippen molar-refractivity contribution < 1.29 is 17.6 Å². The van der Waals surface area contributed by atoms with Crippen molar-refractivity contribution in [3.05, 3.63) is 58.8 Å². The number of nitrogens with one attached hydrogen (secondary N) is 3. The smallest absolute Gasteiger partial charge is 0.307 e. The molecule has 2 aromatic carbocycles. The second-order valence-corrected chi connectivity index (χ2v) is 6.74. The molecule has 2 aromatic rings. The van der Waals surface area contributed by atoms with Crippen LogP contribution in [0.2, 0.25) is 0 Å². The number of halogens is 2. The van der Waals surface area contributed by atoms with Gasteiger partial charge in [-0.15, -0.1) is 4.83 Å². The van der Waals surface area contributed by atoms with Gasteiger partial charge in [0.25, 0.3) is 10.0 Å². The van der Waals surface area contributed by atoms with E-state index in [9.17, 15) is 17.6 Å². The topological polar surface area (TPSA) is 87.3 Å². The third kappa shape index (κ3) is 4.52. The Labute approximate surface area is 134 Å². The fraction of sp³-hybridized carbons (Fsp3) is 0. The van der Waals surface area contributed by atoms with Crippen molar-refractivity contribution in [1.82, 2.24) is 10.3 Å². The summed E-state index contributed by atoms with van der Waals surface area (Å²) in [6.07, 6.45) is 0. The van der Waals surface area contributed by atoms with Crippen molar-refractivity contribution >= 4 is 37.7 Å². The van der Waals surface area contributed by atoms with E-state index in [0.29, 0.717) is 5.69 Å². The lowest BCUT2D eigenvalue weighted by molar-refractivity contribution is 0.250. The van der Waals surface area contributed by atoms with E-state index in [2.05, 4.69) is 21.2 Å². The highest BCUT2D eigenvalue weighted by atomic mass is 79.9. The first-order valence-corrected chi connectivity index (χ1v) is 8.24. The Hall–Kier alpha value is -1.97. The number of rotatable bonds is 4. The minimum atomic E-state index is -3.97. The molecule has 0 aromatic heterocycles. The van der Waals surface area contributed by atoms with E-state index in [1.165, 1.54) is 0 Å². The largest absolute Gasteiger partial charge is 0.334 e. The first kappa shape index (κ1) is 16.4. The SMILES string of the molecule is O=C(NNS(=O)(=O)c1ccc(F)cc1)Nc1ccc(Br)cc1. The van der Waals surface area contributed by atoms with Gasteiger partial charge >= 0.3 is 6.03 Å². The van der Waals surface area contributed by atoms with E-state index in [-0.39, 0.29) is 4.90 Å². The zero-order chi connectivity index (χ0) is 16.2. The molecule has 0 spiro atoms. The Balaban J connectivity index is 1.95. The van der Waals surface area contributed by atoms with Crippen molar-refractivity contribution in [2.24, 2.45) is 0 Å². The van der Waals surface area contributed by atoms with E-state index in [4.69, 9.17) is 0 Å². The molecule has 0 aliphatic heterocycles. The van der Waals surface area contributed by atoms with Crippen LogP contribution in [0.1, 0.15) is 0 Å². The summed E-state index contributed by atoms with van der Waals surface area (Å²) in [6.45, 7) is 0. The molecular weight excluding hydrogens is 377 g/mol. The number of benzene rings is 2. The van der Waals surface area contributed by atoms with Gasteiger partial charge in [-0.3, -0.25) is 5.43 Å². The second-order valence-electron chi connectivity index (χ2n) is 4.15. The van der Waals surface area contributed by atoms with E-state index in [1.54, 1.807) is 24.3 Å². The maximum absolute atomic E-state index is 12.8.